The van der Waals surface area contributed by atoms with Gasteiger partial charge in [0.1, 0.15) is 5.75 Å². The number of carbonyl (C=O) groups is 1. The maximum absolute atomic E-state index is 12.0. The Morgan fingerprint density at radius 2 is 2.00 bits per heavy atom. The number of hydrogen-bond donors (Lipinski definition) is 2. The molecule has 4 heteroatoms. The fourth-order valence-corrected chi connectivity index (χ4v) is 2.78. The van der Waals surface area contributed by atoms with Crippen molar-refractivity contribution >= 4 is 11.6 Å². The van der Waals surface area contributed by atoms with E-state index in [2.05, 4.69) is 10.6 Å². The quantitative estimate of drug-likeness (QED) is 0.790. The average Bonchev–Trinajstić information content (AvgIpc) is 2.76. The van der Waals surface area contributed by atoms with Crippen LogP contribution in [0, 0.1) is 0 Å². The molecular weight excluding hydrogens is 264 g/mol. The van der Waals surface area contributed by atoms with Crippen molar-refractivity contribution in [1.82, 2.24) is 5.32 Å². The molecule has 1 amide bonds. The highest BCUT2D eigenvalue weighted by atomic mass is 16.5. The van der Waals surface area contributed by atoms with E-state index in [4.69, 9.17) is 4.74 Å². The third kappa shape index (κ3) is 5.66. The van der Waals surface area contributed by atoms with Crippen LogP contribution >= 0.6 is 0 Å². The molecule has 0 bridgehead atoms. The van der Waals surface area contributed by atoms with Crippen molar-refractivity contribution < 1.29 is 9.53 Å². The third-order valence-electron chi connectivity index (χ3n) is 3.97. The van der Waals surface area contributed by atoms with Gasteiger partial charge in [-0.3, -0.25) is 4.79 Å². The second-order valence-electron chi connectivity index (χ2n) is 5.66. The lowest BCUT2D eigenvalue weighted by Gasteiger charge is -2.16. The maximum atomic E-state index is 12.0. The van der Waals surface area contributed by atoms with Gasteiger partial charge in [-0.1, -0.05) is 31.7 Å². The summed E-state index contributed by atoms with van der Waals surface area (Å²) in [6.45, 7) is 0.645. The largest absolute Gasteiger partial charge is 0.497 e. The summed E-state index contributed by atoms with van der Waals surface area (Å²) >= 11 is 0. The predicted octanol–water partition coefficient (Wildman–Crippen LogP) is 3.34. The summed E-state index contributed by atoms with van der Waals surface area (Å²) in [5.41, 5.74) is 0.983. The third-order valence-corrected chi connectivity index (χ3v) is 3.97. The lowest BCUT2D eigenvalue weighted by molar-refractivity contribution is -0.121. The lowest BCUT2D eigenvalue weighted by Crippen LogP contribution is -2.35. The Morgan fingerprint density at radius 3 is 2.71 bits per heavy atom. The van der Waals surface area contributed by atoms with Crippen molar-refractivity contribution in [3.8, 4) is 5.75 Å². The molecule has 0 radical (unpaired) electrons. The summed E-state index contributed by atoms with van der Waals surface area (Å²) in [6.07, 6.45) is 7.88. The zero-order valence-electron chi connectivity index (χ0n) is 12.9. The van der Waals surface area contributed by atoms with Crippen molar-refractivity contribution in [1.29, 1.82) is 0 Å². The van der Waals surface area contributed by atoms with Crippen LogP contribution < -0.4 is 15.4 Å². The van der Waals surface area contributed by atoms with Crippen molar-refractivity contribution in [2.45, 2.75) is 51.0 Å². The Morgan fingerprint density at radius 1 is 1.24 bits per heavy atom. The molecule has 0 spiro atoms. The minimum absolute atomic E-state index is 0.150. The molecule has 2 rings (SSSR count). The minimum atomic E-state index is 0.150. The Labute approximate surface area is 127 Å². The first-order valence-corrected chi connectivity index (χ1v) is 7.95. The molecule has 2 N–H and O–H groups in total. The van der Waals surface area contributed by atoms with Crippen molar-refractivity contribution in [3.05, 3.63) is 24.3 Å². The molecule has 116 valence electrons. The molecule has 1 aliphatic rings. The standard InChI is InChI=1S/C17H26N2O2/c1-21-16-10-6-9-15(13-16)18-12-11-17(20)19-14-7-4-2-3-5-8-14/h6,9-10,13-14,18H,2-5,7-8,11-12H2,1H3,(H,19,20). The van der Waals surface area contributed by atoms with E-state index in [1.165, 1.54) is 25.7 Å². The van der Waals surface area contributed by atoms with E-state index in [0.717, 1.165) is 24.3 Å². The molecule has 1 aliphatic carbocycles. The van der Waals surface area contributed by atoms with Crippen LogP contribution in [0.25, 0.3) is 0 Å². The van der Waals surface area contributed by atoms with Crippen molar-refractivity contribution in [3.63, 3.8) is 0 Å². The van der Waals surface area contributed by atoms with E-state index in [-0.39, 0.29) is 5.91 Å². The summed E-state index contributed by atoms with van der Waals surface area (Å²) in [6, 6.07) is 8.14. The number of carbonyl (C=O) groups excluding carboxylic acids is 1. The zero-order valence-corrected chi connectivity index (χ0v) is 12.9. The Bertz CT molecular complexity index is 440. The molecule has 0 atom stereocenters. The molecule has 21 heavy (non-hydrogen) atoms. The van der Waals surface area contributed by atoms with Gasteiger partial charge in [0.05, 0.1) is 7.11 Å². The number of rotatable bonds is 6. The van der Waals surface area contributed by atoms with Gasteiger partial charge < -0.3 is 15.4 Å². The number of ether oxygens (including phenoxy) is 1. The average molecular weight is 290 g/mol. The SMILES string of the molecule is COc1cccc(NCCC(=O)NC2CCCCCC2)c1. The minimum Gasteiger partial charge on any atom is -0.497 e. The Kier molecular flexibility index (Phi) is 6.38. The van der Waals surface area contributed by atoms with Gasteiger partial charge in [0, 0.05) is 30.8 Å². The fraction of sp³-hybridized carbons (Fsp3) is 0.588. The second-order valence-corrected chi connectivity index (χ2v) is 5.66. The molecule has 0 saturated heterocycles. The molecule has 4 nitrogen and oxygen atoms in total. The number of methoxy groups -OCH3 is 1. The van der Waals surface area contributed by atoms with Crippen LogP contribution in [0.15, 0.2) is 24.3 Å². The van der Waals surface area contributed by atoms with Gasteiger partial charge in [0.25, 0.3) is 0 Å². The molecule has 1 saturated carbocycles. The highest BCUT2D eigenvalue weighted by molar-refractivity contribution is 5.76. The molecule has 0 aliphatic heterocycles. The van der Waals surface area contributed by atoms with E-state index in [9.17, 15) is 4.79 Å². The van der Waals surface area contributed by atoms with Crippen LogP contribution in [-0.2, 0) is 4.79 Å². The van der Waals surface area contributed by atoms with Crippen LogP contribution in [0.3, 0.4) is 0 Å². The number of benzene rings is 1. The van der Waals surface area contributed by atoms with E-state index in [1.807, 2.05) is 24.3 Å². The van der Waals surface area contributed by atoms with Crippen LogP contribution in [0.1, 0.15) is 44.9 Å². The van der Waals surface area contributed by atoms with Crippen LogP contribution in [-0.4, -0.2) is 25.6 Å². The van der Waals surface area contributed by atoms with Gasteiger partial charge in [0.15, 0.2) is 0 Å². The van der Waals surface area contributed by atoms with Gasteiger partial charge >= 0.3 is 0 Å². The monoisotopic (exact) mass is 290 g/mol. The first-order valence-electron chi connectivity index (χ1n) is 7.95. The van der Waals surface area contributed by atoms with Crippen LogP contribution in [0.2, 0.25) is 0 Å². The first kappa shape index (κ1) is 15.7. The molecule has 0 heterocycles. The van der Waals surface area contributed by atoms with Gasteiger partial charge in [0.2, 0.25) is 5.91 Å². The molecule has 1 fully saturated rings. The summed E-state index contributed by atoms with van der Waals surface area (Å²) in [7, 11) is 1.65. The van der Waals surface area contributed by atoms with Gasteiger partial charge in [-0.05, 0) is 25.0 Å². The number of nitrogens with one attached hydrogen (secondary N) is 2. The zero-order chi connectivity index (χ0) is 14.9. The Hall–Kier alpha value is -1.71. The number of anilines is 1. The van der Waals surface area contributed by atoms with Crippen molar-refractivity contribution in [2.24, 2.45) is 0 Å². The van der Waals surface area contributed by atoms with Crippen LogP contribution in [0.4, 0.5) is 5.69 Å². The molecule has 1 aromatic rings. The van der Waals surface area contributed by atoms with Gasteiger partial charge in [-0.2, -0.15) is 0 Å². The molecule has 0 aromatic heterocycles. The summed E-state index contributed by atoms with van der Waals surface area (Å²) in [5, 5.41) is 6.42. The highest BCUT2D eigenvalue weighted by Gasteiger charge is 2.14. The number of amides is 1. The summed E-state index contributed by atoms with van der Waals surface area (Å²) < 4.78 is 5.18. The van der Waals surface area contributed by atoms with E-state index >= 15 is 0 Å². The lowest BCUT2D eigenvalue weighted by atomic mass is 10.1. The van der Waals surface area contributed by atoms with Gasteiger partial charge in [-0.15, -0.1) is 0 Å². The summed E-state index contributed by atoms with van der Waals surface area (Å²) in [4.78, 5) is 12.0. The fourth-order valence-electron chi connectivity index (χ4n) is 2.78. The highest BCUT2D eigenvalue weighted by Crippen LogP contribution is 2.18. The second kappa shape index (κ2) is 8.55. The smallest absolute Gasteiger partial charge is 0.221 e. The topological polar surface area (TPSA) is 50.4 Å². The maximum Gasteiger partial charge on any atom is 0.221 e. The molecule has 0 unspecified atom stereocenters. The van der Waals surface area contributed by atoms with E-state index in [0.29, 0.717) is 19.0 Å². The normalized spacial score (nSPS) is 16.0. The first-order chi connectivity index (χ1) is 10.3. The molecule has 1 aromatic carbocycles. The van der Waals surface area contributed by atoms with E-state index in [1.54, 1.807) is 7.11 Å². The predicted molar refractivity (Wildman–Crippen MR) is 85.7 cm³/mol. The van der Waals surface area contributed by atoms with Gasteiger partial charge in [-0.25, -0.2) is 0 Å². The van der Waals surface area contributed by atoms with Crippen LogP contribution in [0.5, 0.6) is 5.75 Å². The van der Waals surface area contributed by atoms with Crippen molar-refractivity contribution in [2.75, 3.05) is 19.0 Å². The summed E-state index contributed by atoms with van der Waals surface area (Å²) in [5.74, 6) is 0.972. The molecular formula is C17H26N2O2. The Balaban J connectivity index is 1.68. The van der Waals surface area contributed by atoms with E-state index < -0.39 is 0 Å². The number of hydrogen-bond acceptors (Lipinski definition) is 3.